The first-order chi connectivity index (χ1) is 8.66. The SMILES string of the molecule is O=C(NC1CCCCCC1Br)c1cccc(F)c1. The van der Waals surface area contributed by atoms with Crippen LogP contribution in [0.5, 0.6) is 0 Å². The Hall–Kier alpha value is -0.900. The van der Waals surface area contributed by atoms with Crippen molar-refractivity contribution in [1.82, 2.24) is 5.32 Å². The van der Waals surface area contributed by atoms with E-state index in [1.807, 2.05) is 0 Å². The predicted octanol–water partition coefficient (Wildman–Crippen LogP) is 3.65. The molecule has 1 aromatic carbocycles. The second kappa shape index (κ2) is 6.32. The molecule has 0 heterocycles. The third-order valence-corrected chi connectivity index (χ3v) is 4.43. The normalized spacial score (nSPS) is 24.3. The topological polar surface area (TPSA) is 29.1 Å². The van der Waals surface area contributed by atoms with Gasteiger partial charge in [0.05, 0.1) is 0 Å². The number of alkyl halides is 1. The summed E-state index contributed by atoms with van der Waals surface area (Å²) >= 11 is 3.63. The molecule has 0 spiro atoms. The molecule has 1 amide bonds. The third-order valence-electron chi connectivity index (χ3n) is 3.33. The molecule has 1 saturated carbocycles. The van der Waals surface area contributed by atoms with Gasteiger partial charge in [-0.25, -0.2) is 4.39 Å². The number of rotatable bonds is 2. The maximum absolute atomic E-state index is 13.1. The van der Waals surface area contributed by atoms with E-state index in [0.717, 1.165) is 19.3 Å². The zero-order chi connectivity index (χ0) is 13.0. The quantitative estimate of drug-likeness (QED) is 0.655. The number of nitrogens with one attached hydrogen (secondary N) is 1. The van der Waals surface area contributed by atoms with Crippen LogP contribution >= 0.6 is 15.9 Å². The maximum Gasteiger partial charge on any atom is 0.251 e. The Morgan fingerprint density at radius 1 is 1.28 bits per heavy atom. The summed E-state index contributed by atoms with van der Waals surface area (Å²) in [6.45, 7) is 0. The Morgan fingerprint density at radius 2 is 2.06 bits per heavy atom. The number of hydrogen-bond acceptors (Lipinski definition) is 1. The van der Waals surface area contributed by atoms with E-state index in [0.29, 0.717) is 10.4 Å². The molecule has 0 aliphatic heterocycles. The van der Waals surface area contributed by atoms with E-state index >= 15 is 0 Å². The van der Waals surface area contributed by atoms with Gasteiger partial charge in [0.25, 0.3) is 5.91 Å². The monoisotopic (exact) mass is 313 g/mol. The minimum atomic E-state index is -0.376. The van der Waals surface area contributed by atoms with Crippen LogP contribution in [0.1, 0.15) is 42.5 Å². The summed E-state index contributed by atoms with van der Waals surface area (Å²) in [5.74, 6) is -0.565. The molecule has 1 aromatic rings. The predicted molar refractivity (Wildman–Crippen MR) is 73.5 cm³/mol. The molecule has 1 N–H and O–H groups in total. The van der Waals surface area contributed by atoms with Gasteiger partial charge in [-0.15, -0.1) is 0 Å². The van der Waals surface area contributed by atoms with Crippen LogP contribution in [0.3, 0.4) is 0 Å². The zero-order valence-electron chi connectivity index (χ0n) is 10.2. The molecule has 2 rings (SSSR count). The van der Waals surface area contributed by atoms with Crippen LogP contribution in [-0.2, 0) is 0 Å². The van der Waals surface area contributed by atoms with Crippen LogP contribution in [-0.4, -0.2) is 16.8 Å². The fraction of sp³-hybridized carbons (Fsp3) is 0.500. The number of carbonyl (C=O) groups excluding carboxylic acids is 1. The largest absolute Gasteiger partial charge is 0.348 e. The van der Waals surface area contributed by atoms with Crippen molar-refractivity contribution < 1.29 is 9.18 Å². The molecule has 0 saturated heterocycles. The molecule has 98 valence electrons. The third kappa shape index (κ3) is 3.55. The zero-order valence-corrected chi connectivity index (χ0v) is 11.7. The van der Waals surface area contributed by atoms with E-state index < -0.39 is 0 Å². The summed E-state index contributed by atoms with van der Waals surface area (Å²) in [5.41, 5.74) is 0.388. The van der Waals surface area contributed by atoms with Crippen molar-refractivity contribution in [2.45, 2.75) is 43.0 Å². The van der Waals surface area contributed by atoms with Gasteiger partial charge in [0.1, 0.15) is 5.82 Å². The van der Waals surface area contributed by atoms with Crippen molar-refractivity contribution in [1.29, 1.82) is 0 Å². The Labute approximate surface area is 115 Å². The van der Waals surface area contributed by atoms with Crippen LogP contribution in [0.4, 0.5) is 4.39 Å². The molecule has 1 fully saturated rings. The van der Waals surface area contributed by atoms with Crippen molar-refractivity contribution in [2.75, 3.05) is 0 Å². The van der Waals surface area contributed by atoms with Gasteiger partial charge >= 0.3 is 0 Å². The van der Waals surface area contributed by atoms with E-state index in [-0.39, 0.29) is 17.8 Å². The highest BCUT2D eigenvalue weighted by molar-refractivity contribution is 9.09. The average molecular weight is 314 g/mol. The lowest BCUT2D eigenvalue weighted by molar-refractivity contribution is 0.0934. The lowest BCUT2D eigenvalue weighted by atomic mass is 10.1. The summed E-state index contributed by atoms with van der Waals surface area (Å²) in [4.78, 5) is 12.3. The van der Waals surface area contributed by atoms with Crippen LogP contribution in [0, 0.1) is 5.82 Å². The molecule has 1 aliphatic carbocycles. The van der Waals surface area contributed by atoms with Gasteiger partial charge in [-0.3, -0.25) is 4.79 Å². The van der Waals surface area contributed by atoms with Crippen molar-refractivity contribution >= 4 is 21.8 Å². The summed E-state index contributed by atoms with van der Waals surface area (Å²) < 4.78 is 13.1. The molecule has 0 bridgehead atoms. The fourth-order valence-corrected chi connectivity index (χ4v) is 3.03. The highest BCUT2D eigenvalue weighted by Gasteiger charge is 2.23. The Morgan fingerprint density at radius 3 is 2.83 bits per heavy atom. The maximum atomic E-state index is 13.1. The number of hydrogen-bond donors (Lipinski definition) is 1. The number of halogens is 2. The van der Waals surface area contributed by atoms with Gasteiger partial charge in [0.15, 0.2) is 0 Å². The first kappa shape index (κ1) is 13.5. The highest BCUT2D eigenvalue weighted by Crippen LogP contribution is 2.24. The molecule has 4 heteroatoms. The minimum Gasteiger partial charge on any atom is -0.348 e. The van der Waals surface area contributed by atoms with Crippen LogP contribution in [0.2, 0.25) is 0 Å². The van der Waals surface area contributed by atoms with Crippen molar-refractivity contribution in [3.63, 3.8) is 0 Å². The van der Waals surface area contributed by atoms with E-state index in [2.05, 4.69) is 21.2 Å². The smallest absolute Gasteiger partial charge is 0.251 e. The summed E-state index contributed by atoms with van der Waals surface area (Å²) in [5, 5.41) is 3.00. The van der Waals surface area contributed by atoms with Gasteiger partial charge in [-0.2, -0.15) is 0 Å². The molecule has 0 radical (unpaired) electrons. The fourth-order valence-electron chi connectivity index (χ4n) is 2.31. The number of benzene rings is 1. The van der Waals surface area contributed by atoms with Crippen molar-refractivity contribution in [3.8, 4) is 0 Å². The average Bonchev–Trinajstić information content (AvgIpc) is 2.55. The second-order valence-electron chi connectivity index (χ2n) is 4.74. The van der Waals surface area contributed by atoms with Gasteiger partial charge < -0.3 is 5.32 Å². The van der Waals surface area contributed by atoms with Crippen LogP contribution < -0.4 is 5.32 Å². The van der Waals surface area contributed by atoms with Crippen molar-refractivity contribution in [3.05, 3.63) is 35.6 Å². The number of amides is 1. The second-order valence-corrected chi connectivity index (χ2v) is 5.92. The Kier molecular flexibility index (Phi) is 4.75. The Bertz CT molecular complexity index is 424. The molecule has 2 nitrogen and oxygen atoms in total. The number of carbonyl (C=O) groups is 1. The van der Waals surface area contributed by atoms with Crippen LogP contribution in [0.15, 0.2) is 24.3 Å². The molecule has 0 aromatic heterocycles. The summed E-state index contributed by atoms with van der Waals surface area (Å²) in [6.07, 6.45) is 5.61. The lowest BCUT2D eigenvalue weighted by Gasteiger charge is -2.21. The molecular formula is C14H17BrFNO. The molecule has 18 heavy (non-hydrogen) atoms. The lowest BCUT2D eigenvalue weighted by Crippen LogP contribution is -2.40. The van der Waals surface area contributed by atoms with Crippen molar-refractivity contribution in [2.24, 2.45) is 0 Å². The molecule has 1 aliphatic rings. The first-order valence-electron chi connectivity index (χ1n) is 6.37. The highest BCUT2D eigenvalue weighted by atomic mass is 79.9. The molecule has 2 atom stereocenters. The summed E-state index contributed by atoms with van der Waals surface area (Å²) in [7, 11) is 0. The van der Waals surface area contributed by atoms with Crippen LogP contribution in [0.25, 0.3) is 0 Å². The standard InChI is InChI=1S/C14H17BrFNO/c15-12-7-2-1-3-8-13(12)17-14(18)10-5-4-6-11(16)9-10/h4-6,9,12-13H,1-3,7-8H2,(H,17,18). The molecule has 2 unspecified atom stereocenters. The van der Waals surface area contributed by atoms with E-state index in [4.69, 9.17) is 0 Å². The van der Waals surface area contributed by atoms with Gasteiger partial charge in [-0.05, 0) is 31.0 Å². The van der Waals surface area contributed by atoms with E-state index in [1.54, 1.807) is 12.1 Å². The first-order valence-corrected chi connectivity index (χ1v) is 7.29. The van der Waals surface area contributed by atoms with Gasteiger partial charge in [-0.1, -0.05) is 41.3 Å². The Balaban J connectivity index is 2.01. The van der Waals surface area contributed by atoms with E-state index in [9.17, 15) is 9.18 Å². The van der Waals surface area contributed by atoms with E-state index in [1.165, 1.54) is 25.0 Å². The summed E-state index contributed by atoms with van der Waals surface area (Å²) in [6, 6.07) is 5.95. The van der Waals surface area contributed by atoms with Gasteiger partial charge in [0.2, 0.25) is 0 Å². The molecular weight excluding hydrogens is 297 g/mol. The minimum absolute atomic E-state index is 0.142. The van der Waals surface area contributed by atoms with Gasteiger partial charge in [0, 0.05) is 16.4 Å².